The van der Waals surface area contributed by atoms with Crippen LogP contribution in [0.1, 0.15) is 39.0 Å². The Hall–Kier alpha value is -1.78. The fourth-order valence-electron chi connectivity index (χ4n) is 2.16. The van der Waals surface area contributed by atoms with E-state index in [1.807, 2.05) is 19.1 Å². The smallest absolute Gasteiger partial charge is 0.170 e. The van der Waals surface area contributed by atoms with Gasteiger partial charge in [0.05, 0.1) is 0 Å². The summed E-state index contributed by atoms with van der Waals surface area (Å²) in [5, 5.41) is 11.9. The van der Waals surface area contributed by atoms with Gasteiger partial charge in [0.25, 0.3) is 0 Å². The molecule has 0 atom stereocenters. The van der Waals surface area contributed by atoms with Gasteiger partial charge in [-0.25, -0.2) is 4.98 Å². The van der Waals surface area contributed by atoms with Crippen molar-refractivity contribution in [3.8, 4) is 0 Å². The monoisotopic (exact) mass is 278 g/mol. The standard InChI is InChI=1S/C15H26N4O/c1-10(2)8-19(9-11(3)4)14-7-13(15(16)18-20)6-12(5)17-14/h6-7,10-11,20H,8-9H2,1-5H3,(H2,16,18). The van der Waals surface area contributed by atoms with E-state index in [9.17, 15) is 0 Å². The van der Waals surface area contributed by atoms with Gasteiger partial charge in [-0.15, -0.1) is 0 Å². The molecule has 1 rings (SSSR count). The van der Waals surface area contributed by atoms with Gasteiger partial charge in [0.2, 0.25) is 0 Å². The van der Waals surface area contributed by atoms with Crippen molar-refractivity contribution in [2.45, 2.75) is 34.6 Å². The van der Waals surface area contributed by atoms with E-state index < -0.39 is 0 Å². The summed E-state index contributed by atoms with van der Waals surface area (Å²) >= 11 is 0. The molecule has 0 aliphatic rings. The fourth-order valence-corrected chi connectivity index (χ4v) is 2.16. The number of nitrogens with zero attached hydrogens (tertiary/aromatic N) is 3. The first-order valence-corrected chi connectivity index (χ1v) is 7.05. The number of aryl methyl sites for hydroxylation is 1. The van der Waals surface area contributed by atoms with E-state index >= 15 is 0 Å². The summed E-state index contributed by atoms with van der Waals surface area (Å²) in [6, 6.07) is 3.70. The van der Waals surface area contributed by atoms with Gasteiger partial charge in [0, 0.05) is 24.3 Å². The molecular weight excluding hydrogens is 252 g/mol. The summed E-state index contributed by atoms with van der Waals surface area (Å²) in [6.45, 7) is 12.5. The molecule has 0 aromatic carbocycles. The second-order valence-electron chi connectivity index (χ2n) is 6.03. The van der Waals surface area contributed by atoms with Crippen LogP contribution in [0.15, 0.2) is 17.3 Å². The molecule has 5 nitrogen and oxygen atoms in total. The van der Waals surface area contributed by atoms with Crippen molar-refractivity contribution < 1.29 is 5.21 Å². The van der Waals surface area contributed by atoms with Crippen molar-refractivity contribution in [2.24, 2.45) is 22.7 Å². The van der Waals surface area contributed by atoms with Gasteiger partial charge < -0.3 is 15.8 Å². The van der Waals surface area contributed by atoms with E-state index in [0.717, 1.165) is 24.6 Å². The minimum absolute atomic E-state index is 0.116. The average Bonchev–Trinajstić information content (AvgIpc) is 2.35. The maximum Gasteiger partial charge on any atom is 0.170 e. The first-order valence-electron chi connectivity index (χ1n) is 7.05. The first kappa shape index (κ1) is 16.3. The highest BCUT2D eigenvalue weighted by Gasteiger charge is 2.14. The van der Waals surface area contributed by atoms with E-state index in [1.165, 1.54) is 0 Å². The summed E-state index contributed by atoms with van der Waals surface area (Å²) < 4.78 is 0. The SMILES string of the molecule is Cc1cc(/C(N)=N/O)cc(N(CC(C)C)CC(C)C)n1. The average molecular weight is 278 g/mol. The molecule has 0 bridgehead atoms. The maximum absolute atomic E-state index is 8.83. The molecule has 0 saturated heterocycles. The number of anilines is 1. The zero-order valence-electron chi connectivity index (χ0n) is 13.1. The molecule has 0 saturated carbocycles. The van der Waals surface area contributed by atoms with Crippen LogP contribution in [0.25, 0.3) is 0 Å². The normalized spacial score (nSPS) is 12.2. The van der Waals surface area contributed by atoms with Gasteiger partial charge in [-0.05, 0) is 30.9 Å². The second-order valence-corrected chi connectivity index (χ2v) is 6.03. The van der Waals surface area contributed by atoms with Crippen LogP contribution in [0, 0.1) is 18.8 Å². The third-order valence-corrected chi connectivity index (χ3v) is 2.84. The van der Waals surface area contributed by atoms with Gasteiger partial charge in [0.1, 0.15) is 5.82 Å². The molecule has 5 heteroatoms. The van der Waals surface area contributed by atoms with Crippen LogP contribution >= 0.6 is 0 Å². The fraction of sp³-hybridized carbons (Fsp3) is 0.600. The van der Waals surface area contributed by atoms with Gasteiger partial charge in [-0.3, -0.25) is 0 Å². The summed E-state index contributed by atoms with van der Waals surface area (Å²) in [5.74, 6) is 2.09. The molecule has 0 amide bonds. The summed E-state index contributed by atoms with van der Waals surface area (Å²) in [4.78, 5) is 6.85. The number of hydrogen-bond donors (Lipinski definition) is 2. The third-order valence-electron chi connectivity index (χ3n) is 2.84. The predicted molar refractivity (Wildman–Crippen MR) is 83.4 cm³/mol. The number of pyridine rings is 1. The molecule has 20 heavy (non-hydrogen) atoms. The van der Waals surface area contributed by atoms with Gasteiger partial charge in [0.15, 0.2) is 5.84 Å². The van der Waals surface area contributed by atoms with Gasteiger partial charge >= 0.3 is 0 Å². The number of oxime groups is 1. The predicted octanol–water partition coefficient (Wildman–Crippen LogP) is 2.60. The van der Waals surface area contributed by atoms with Crippen LogP contribution in [0.3, 0.4) is 0 Å². The van der Waals surface area contributed by atoms with Crippen LogP contribution in [0.5, 0.6) is 0 Å². The second kappa shape index (κ2) is 7.12. The number of rotatable bonds is 6. The Morgan fingerprint density at radius 3 is 2.25 bits per heavy atom. The Morgan fingerprint density at radius 1 is 1.25 bits per heavy atom. The summed E-state index contributed by atoms with van der Waals surface area (Å²) in [5.41, 5.74) is 7.25. The van der Waals surface area contributed by atoms with Crippen LogP contribution in [0.2, 0.25) is 0 Å². The number of hydrogen-bond acceptors (Lipinski definition) is 4. The molecule has 1 heterocycles. The van der Waals surface area contributed by atoms with Crippen molar-refractivity contribution in [3.63, 3.8) is 0 Å². The van der Waals surface area contributed by atoms with E-state index in [-0.39, 0.29) is 5.84 Å². The maximum atomic E-state index is 8.83. The molecular formula is C15H26N4O. The molecule has 0 aliphatic carbocycles. The molecule has 0 fully saturated rings. The van der Waals surface area contributed by atoms with Gasteiger partial charge in [-0.2, -0.15) is 0 Å². The molecule has 112 valence electrons. The molecule has 1 aromatic heterocycles. The molecule has 0 radical (unpaired) electrons. The van der Waals surface area contributed by atoms with Crippen LogP contribution in [-0.2, 0) is 0 Å². The zero-order valence-corrected chi connectivity index (χ0v) is 13.1. The lowest BCUT2D eigenvalue weighted by molar-refractivity contribution is 0.318. The Morgan fingerprint density at radius 2 is 1.80 bits per heavy atom. The number of amidine groups is 1. The van der Waals surface area contributed by atoms with Crippen molar-refractivity contribution >= 4 is 11.7 Å². The minimum atomic E-state index is 0.116. The summed E-state index contributed by atoms with van der Waals surface area (Å²) in [7, 11) is 0. The Kier molecular flexibility index (Phi) is 5.80. The Labute approximate surface area is 121 Å². The van der Waals surface area contributed by atoms with E-state index in [0.29, 0.717) is 17.4 Å². The van der Waals surface area contributed by atoms with Crippen molar-refractivity contribution in [2.75, 3.05) is 18.0 Å². The minimum Gasteiger partial charge on any atom is -0.409 e. The van der Waals surface area contributed by atoms with E-state index in [2.05, 4.69) is 42.7 Å². The lowest BCUT2D eigenvalue weighted by Gasteiger charge is -2.28. The number of nitrogens with two attached hydrogens (primary N) is 1. The Bertz CT molecular complexity index is 459. The largest absolute Gasteiger partial charge is 0.409 e. The van der Waals surface area contributed by atoms with Crippen molar-refractivity contribution in [3.05, 3.63) is 23.4 Å². The molecule has 1 aromatic rings. The van der Waals surface area contributed by atoms with Gasteiger partial charge in [-0.1, -0.05) is 32.9 Å². The number of aromatic nitrogens is 1. The first-order chi connectivity index (χ1) is 9.33. The lowest BCUT2D eigenvalue weighted by Crippen LogP contribution is -2.32. The molecule has 0 unspecified atom stereocenters. The highest BCUT2D eigenvalue weighted by molar-refractivity contribution is 5.97. The van der Waals surface area contributed by atoms with Crippen LogP contribution in [0.4, 0.5) is 5.82 Å². The van der Waals surface area contributed by atoms with E-state index in [4.69, 9.17) is 10.9 Å². The Balaban J connectivity index is 3.15. The van der Waals surface area contributed by atoms with Crippen molar-refractivity contribution in [1.82, 2.24) is 4.98 Å². The molecule has 0 spiro atoms. The highest BCUT2D eigenvalue weighted by atomic mass is 16.4. The topological polar surface area (TPSA) is 74.7 Å². The lowest BCUT2D eigenvalue weighted by atomic mass is 10.1. The zero-order chi connectivity index (χ0) is 15.3. The highest BCUT2D eigenvalue weighted by Crippen LogP contribution is 2.18. The quantitative estimate of drug-likeness (QED) is 0.363. The van der Waals surface area contributed by atoms with Crippen molar-refractivity contribution in [1.29, 1.82) is 0 Å². The van der Waals surface area contributed by atoms with Crippen LogP contribution < -0.4 is 10.6 Å². The van der Waals surface area contributed by atoms with Crippen LogP contribution in [-0.4, -0.2) is 29.1 Å². The van der Waals surface area contributed by atoms with E-state index in [1.54, 1.807) is 0 Å². The molecule has 3 N–H and O–H groups in total. The molecule has 0 aliphatic heterocycles. The third kappa shape index (κ3) is 4.72. The summed E-state index contributed by atoms with van der Waals surface area (Å²) in [6.07, 6.45) is 0.